The van der Waals surface area contributed by atoms with Crippen molar-refractivity contribution >= 4 is 11.3 Å². The van der Waals surface area contributed by atoms with Gasteiger partial charge >= 0.3 is 0 Å². The summed E-state index contributed by atoms with van der Waals surface area (Å²) < 4.78 is 0. The summed E-state index contributed by atoms with van der Waals surface area (Å²) in [7, 11) is 0. The Bertz CT molecular complexity index is 358. The van der Waals surface area contributed by atoms with Crippen molar-refractivity contribution in [1.82, 2.24) is 14.8 Å². The van der Waals surface area contributed by atoms with E-state index < -0.39 is 0 Å². The molecule has 0 saturated carbocycles. The molecule has 5 heteroatoms. The molecule has 2 heterocycles. The van der Waals surface area contributed by atoms with E-state index in [9.17, 15) is 0 Å². The van der Waals surface area contributed by atoms with Crippen molar-refractivity contribution in [3.8, 4) is 0 Å². The third-order valence-corrected chi connectivity index (χ3v) is 4.70. The van der Waals surface area contributed by atoms with Gasteiger partial charge in [0.1, 0.15) is 5.01 Å². The zero-order valence-electron chi connectivity index (χ0n) is 11.4. The fraction of sp³-hybridized carbons (Fsp3) is 0.769. The summed E-state index contributed by atoms with van der Waals surface area (Å²) in [4.78, 5) is 9.61. The first-order valence-electron chi connectivity index (χ1n) is 6.82. The van der Waals surface area contributed by atoms with E-state index in [0.717, 1.165) is 30.7 Å². The van der Waals surface area contributed by atoms with Crippen molar-refractivity contribution in [1.29, 1.82) is 0 Å². The van der Waals surface area contributed by atoms with Crippen molar-refractivity contribution in [2.45, 2.75) is 39.4 Å². The summed E-state index contributed by atoms with van der Waals surface area (Å²) in [5.74, 6) is 0. The Morgan fingerprint density at radius 2 is 2.11 bits per heavy atom. The van der Waals surface area contributed by atoms with Crippen LogP contribution >= 0.6 is 11.3 Å². The van der Waals surface area contributed by atoms with Gasteiger partial charge in [0.2, 0.25) is 0 Å². The molecule has 1 atom stereocenters. The van der Waals surface area contributed by atoms with Crippen LogP contribution in [0.3, 0.4) is 0 Å². The summed E-state index contributed by atoms with van der Waals surface area (Å²) in [5, 5.41) is 3.19. The van der Waals surface area contributed by atoms with E-state index in [0.29, 0.717) is 6.54 Å². The van der Waals surface area contributed by atoms with Gasteiger partial charge in [0.25, 0.3) is 0 Å². The van der Waals surface area contributed by atoms with E-state index in [4.69, 9.17) is 5.73 Å². The highest BCUT2D eigenvalue weighted by Crippen LogP contribution is 2.14. The second-order valence-corrected chi connectivity index (χ2v) is 5.95. The van der Waals surface area contributed by atoms with Gasteiger partial charge in [-0.1, -0.05) is 6.92 Å². The number of hydrogen-bond donors (Lipinski definition) is 1. The van der Waals surface area contributed by atoms with E-state index in [1.807, 2.05) is 0 Å². The lowest BCUT2D eigenvalue weighted by Gasteiger charge is -2.37. The minimum Gasteiger partial charge on any atom is -0.325 e. The number of hydrogen-bond acceptors (Lipinski definition) is 5. The summed E-state index contributed by atoms with van der Waals surface area (Å²) in [6.45, 7) is 10.8. The minimum absolute atomic E-state index is 0.562. The summed E-state index contributed by atoms with van der Waals surface area (Å²) in [6.07, 6.45) is 1.24. The lowest BCUT2D eigenvalue weighted by Crippen LogP contribution is -2.49. The average Bonchev–Trinajstić information content (AvgIpc) is 2.86. The number of aromatic nitrogens is 1. The van der Waals surface area contributed by atoms with Crippen LogP contribution in [0.15, 0.2) is 5.38 Å². The van der Waals surface area contributed by atoms with Gasteiger partial charge < -0.3 is 5.73 Å². The number of nitrogens with two attached hydrogens (primary N) is 1. The number of piperazine rings is 1. The van der Waals surface area contributed by atoms with E-state index >= 15 is 0 Å². The Morgan fingerprint density at radius 3 is 2.67 bits per heavy atom. The van der Waals surface area contributed by atoms with Gasteiger partial charge in [-0.2, -0.15) is 0 Å². The lowest BCUT2D eigenvalue weighted by molar-refractivity contribution is 0.0957. The Labute approximate surface area is 114 Å². The molecule has 1 unspecified atom stereocenters. The van der Waals surface area contributed by atoms with Crippen LogP contribution in [0.2, 0.25) is 0 Å². The molecule has 4 nitrogen and oxygen atoms in total. The molecule has 0 radical (unpaired) electrons. The van der Waals surface area contributed by atoms with Crippen LogP contribution < -0.4 is 5.73 Å². The van der Waals surface area contributed by atoms with Gasteiger partial charge in [-0.05, 0) is 13.3 Å². The lowest BCUT2D eigenvalue weighted by atomic mass is 10.2. The quantitative estimate of drug-likeness (QED) is 0.879. The Hall–Kier alpha value is -0.490. The Kier molecular flexibility index (Phi) is 5.12. The SMILES string of the molecule is CCC(C)N1CCN(Cc2csc(CN)n2)CC1. The second kappa shape index (κ2) is 6.61. The number of thiazole rings is 1. The smallest absolute Gasteiger partial charge is 0.106 e. The summed E-state index contributed by atoms with van der Waals surface area (Å²) in [5.41, 5.74) is 6.77. The van der Waals surface area contributed by atoms with Crippen LogP contribution in [-0.4, -0.2) is 47.0 Å². The van der Waals surface area contributed by atoms with E-state index in [1.54, 1.807) is 11.3 Å². The zero-order valence-corrected chi connectivity index (χ0v) is 12.2. The van der Waals surface area contributed by atoms with E-state index in [2.05, 4.69) is 34.0 Å². The van der Waals surface area contributed by atoms with E-state index in [-0.39, 0.29) is 0 Å². The summed E-state index contributed by atoms with van der Waals surface area (Å²) >= 11 is 1.67. The predicted octanol–water partition coefficient (Wildman–Crippen LogP) is 1.52. The molecule has 0 bridgehead atoms. The average molecular weight is 268 g/mol. The maximum Gasteiger partial charge on any atom is 0.106 e. The maximum atomic E-state index is 5.59. The van der Waals surface area contributed by atoms with Gasteiger partial charge in [0, 0.05) is 50.7 Å². The molecular formula is C13H24N4S. The van der Waals surface area contributed by atoms with Crippen LogP contribution in [0.4, 0.5) is 0 Å². The first-order valence-corrected chi connectivity index (χ1v) is 7.70. The fourth-order valence-electron chi connectivity index (χ4n) is 2.36. The molecule has 0 aromatic carbocycles. The topological polar surface area (TPSA) is 45.4 Å². The largest absolute Gasteiger partial charge is 0.325 e. The highest BCUT2D eigenvalue weighted by Gasteiger charge is 2.20. The normalized spacial score (nSPS) is 20.2. The zero-order chi connectivity index (χ0) is 13.0. The molecule has 1 aliphatic heterocycles. The number of nitrogens with zero attached hydrogens (tertiary/aromatic N) is 3. The molecular weight excluding hydrogens is 244 g/mol. The van der Waals surface area contributed by atoms with Gasteiger partial charge in [-0.15, -0.1) is 11.3 Å². The molecule has 18 heavy (non-hydrogen) atoms. The highest BCUT2D eigenvalue weighted by atomic mass is 32.1. The van der Waals surface area contributed by atoms with E-state index in [1.165, 1.54) is 25.2 Å². The van der Waals surface area contributed by atoms with Crippen LogP contribution in [0.1, 0.15) is 31.0 Å². The van der Waals surface area contributed by atoms with Crippen LogP contribution in [-0.2, 0) is 13.1 Å². The molecule has 102 valence electrons. The third kappa shape index (κ3) is 3.51. The Morgan fingerprint density at radius 1 is 1.39 bits per heavy atom. The van der Waals surface area contributed by atoms with Crippen molar-refractivity contribution in [3.05, 3.63) is 16.1 Å². The van der Waals surface area contributed by atoms with Crippen LogP contribution in [0, 0.1) is 0 Å². The van der Waals surface area contributed by atoms with Crippen LogP contribution in [0.25, 0.3) is 0 Å². The monoisotopic (exact) mass is 268 g/mol. The molecule has 0 spiro atoms. The highest BCUT2D eigenvalue weighted by molar-refractivity contribution is 7.09. The molecule has 0 amide bonds. The maximum absolute atomic E-state index is 5.59. The molecule has 1 aliphatic rings. The van der Waals surface area contributed by atoms with Crippen molar-refractivity contribution in [3.63, 3.8) is 0 Å². The number of rotatable bonds is 5. The first-order chi connectivity index (χ1) is 8.72. The van der Waals surface area contributed by atoms with Gasteiger partial charge in [0.05, 0.1) is 5.69 Å². The van der Waals surface area contributed by atoms with Gasteiger partial charge in [-0.3, -0.25) is 9.80 Å². The van der Waals surface area contributed by atoms with Crippen molar-refractivity contribution < 1.29 is 0 Å². The van der Waals surface area contributed by atoms with Crippen molar-refractivity contribution in [2.24, 2.45) is 5.73 Å². The molecule has 1 saturated heterocycles. The first kappa shape index (κ1) is 13.9. The molecule has 1 aromatic heterocycles. The van der Waals surface area contributed by atoms with Gasteiger partial charge in [-0.25, -0.2) is 4.98 Å². The molecule has 2 rings (SSSR count). The van der Waals surface area contributed by atoms with Crippen LogP contribution in [0.5, 0.6) is 0 Å². The Balaban J connectivity index is 1.79. The summed E-state index contributed by atoms with van der Waals surface area (Å²) in [6, 6.07) is 0.718. The molecule has 0 aliphatic carbocycles. The third-order valence-electron chi connectivity index (χ3n) is 3.78. The fourth-order valence-corrected chi connectivity index (χ4v) is 3.03. The standard InChI is InChI=1S/C13H24N4S/c1-3-11(2)17-6-4-16(5-7-17)9-12-10-18-13(8-14)15-12/h10-11H,3-9,14H2,1-2H3. The van der Waals surface area contributed by atoms with Crippen molar-refractivity contribution in [2.75, 3.05) is 26.2 Å². The second-order valence-electron chi connectivity index (χ2n) is 5.01. The minimum atomic E-state index is 0.562. The molecule has 1 fully saturated rings. The molecule has 2 N–H and O–H groups in total. The molecule has 1 aromatic rings. The van der Waals surface area contributed by atoms with Gasteiger partial charge in [0.15, 0.2) is 0 Å². The predicted molar refractivity (Wildman–Crippen MR) is 76.6 cm³/mol.